The van der Waals surface area contributed by atoms with Crippen molar-refractivity contribution < 1.29 is 17.8 Å². The molecule has 1 unspecified atom stereocenters. The summed E-state index contributed by atoms with van der Waals surface area (Å²) >= 11 is 11.5. The van der Waals surface area contributed by atoms with Gasteiger partial charge < -0.3 is 4.55 Å². The normalized spacial score (nSPS) is 14.3. The van der Waals surface area contributed by atoms with E-state index in [9.17, 15) is 17.8 Å². The predicted molar refractivity (Wildman–Crippen MR) is 88.9 cm³/mol. The van der Waals surface area contributed by atoms with Crippen molar-refractivity contribution in [1.29, 1.82) is 0 Å². The van der Waals surface area contributed by atoms with E-state index in [0.29, 0.717) is 15.6 Å². The fraction of sp³-hybridized carbons (Fsp3) is 0.188. The number of benzene rings is 2. The van der Waals surface area contributed by atoms with Gasteiger partial charge in [0, 0.05) is 22.0 Å². The van der Waals surface area contributed by atoms with E-state index in [2.05, 4.69) is 0 Å². The van der Waals surface area contributed by atoms with Crippen LogP contribution in [-0.4, -0.2) is 18.8 Å². The van der Waals surface area contributed by atoms with Gasteiger partial charge in [-0.3, -0.25) is 4.79 Å². The van der Waals surface area contributed by atoms with Crippen LogP contribution in [0.2, 0.25) is 10.0 Å². The maximum atomic E-state index is 12.4. The first kappa shape index (κ1) is 17.9. The first-order chi connectivity index (χ1) is 10.6. The number of halogens is 2. The van der Waals surface area contributed by atoms with Crippen molar-refractivity contribution in [3.63, 3.8) is 0 Å². The van der Waals surface area contributed by atoms with E-state index >= 15 is 0 Å². The van der Waals surface area contributed by atoms with E-state index in [1.165, 1.54) is 55.5 Å². The predicted octanol–water partition coefficient (Wildman–Crippen LogP) is 4.03. The maximum absolute atomic E-state index is 12.4. The highest BCUT2D eigenvalue weighted by molar-refractivity contribution is 7.86. The highest BCUT2D eigenvalue weighted by Crippen LogP contribution is 2.35. The van der Waals surface area contributed by atoms with Crippen molar-refractivity contribution in [1.82, 2.24) is 0 Å². The van der Waals surface area contributed by atoms with E-state index in [1.54, 1.807) is 0 Å². The van der Waals surface area contributed by atoms with Gasteiger partial charge in [0.2, 0.25) is 0 Å². The third kappa shape index (κ3) is 3.93. The third-order valence-corrected chi connectivity index (χ3v) is 5.66. The summed E-state index contributed by atoms with van der Waals surface area (Å²) < 4.78 is 33.5. The van der Waals surface area contributed by atoms with Gasteiger partial charge in [-0.25, -0.2) is 8.42 Å². The molecule has 0 fully saturated rings. The average molecular weight is 372 g/mol. The molecule has 0 aliphatic heterocycles. The van der Waals surface area contributed by atoms with Gasteiger partial charge in [-0.05, 0) is 48.9 Å². The van der Waals surface area contributed by atoms with E-state index in [0.717, 1.165) is 0 Å². The minimum Gasteiger partial charge on any atom is -0.747 e. The molecule has 0 aliphatic rings. The molecule has 0 saturated carbocycles. The van der Waals surface area contributed by atoms with Crippen LogP contribution < -0.4 is 0 Å². The summed E-state index contributed by atoms with van der Waals surface area (Å²) in [5, 5.41) is 0.863. The van der Waals surface area contributed by atoms with E-state index in [-0.39, 0.29) is 5.56 Å². The van der Waals surface area contributed by atoms with Crippen LogP contribution in [0.15, 0.2) is 48.5 Å². The third-order valence-electron chi connectivity index (χ3n) is 3.67. The minimum absolute atomic E-state index is 0.221. The van der Waals surface area contributed by atoms with Crippen molar-refractivity contribution in [2.45, 2.75) is 18.1 Å². The summed E-state index contributed by atoms with van der Waals surface area (Å²) in [6, 6.07) is 11.9. The number of rotatable bonds is 5. The smallest absolute Gasteiger partial charge is 0.164 e. The Morgan fingerprint density at radius 2 is 1.43 bits per heavy atom. The minimum atomic E-state index is -4.78. The van der Waals surface area contributed by atoms with Crippen LogP contribution in [0.1, 0.15) is 29.3 Å². The Morgan fingerprint density at radius 3 is 1.87 bits per heavy atom. The molecule has 1 atom stereocenters. The summed E-state index contributed by atoms with van der Waals surface area (Å²) in [6.07, 6.45) is -0.470. The van der Waals surface area contributed by atoms with Gasteiger partial charge in [0.05, 0.1) is 4.75 Å². The summed E-state index contributed by atoms with van der Waals surface area (Å²) in [7, 11) is -4.78. The van der Waals surface area contributed by atoms with Gasteiger partial charge in [-0.1, -0.05) is 35.3 Å². The quantitative estimate of drug-likeness (QED) is 0.587. The Labute approximate surface area is 144 Å². The van der Waals surface area contributed by atoms with Crippen LogP contribution in [0.5, 0.6) is 0 Å². The zero-order valence-electron chi connectivity index (χ0n) is 12.1. The summed E-state index contributed by atoms with van der Waals surface area (Å²) in [4.78, 5) is 12.4. The zero-order valence-corrected chi connectivity index (χ0v) is 14.5. The molecule has 0 saturated heterocycles. The van der Waals surface area contributed by atoms with Crippen molar-refractivity contribution in [2.75, 3.05) is 0 Å². The molecule has 122 valence electrons. The fourth-order valence-corrected chi connectivity index (χ4v) is 3.17. The molecule has 0 heterocycles. The number of hydrogen-bond donors (Lipinski definition) is 0. The Bertz CT molecular complexity index is 814. The molecule has 7 heteroatoms. The molecule has 0 spiro atoms. The van der Waals surface area contributed by atoms with Crippen molar-refractivity contribution >= 4 is 39.1 Å². The Morgan fingerprint density at radius 1 is 1.00 bits per heavy atom. The largest absolute Gasteiger partial charge is 0.747 e. The average Bonchev–Trinajstić information content (AvgIpc) is 2.47. The molecule has 0 aliphatic carbocycles. The van der Waals surface area contributed by atoms with Crippen molar-refractivity contribution in [2.24, 2.45) is 0 Å². The number of hydrogen-bond acceptors (Lipinski definition) is 4. The molecule has 0 aromatic heterocycles. The van der Waals surface area contributed by atoms with Crippen LogP contribution in [0.25, 0.3) is 0 Å². The van der Waals surface area contributed by atoms with Gasteiger partial charge >= 0.3 is 0 Å². The number of Topliss-reactive ketones (excluding diaryl/α,β-unsaturated/α-hetero) is 1. The van der Waals surface area contributed by atoms with Crippen LogP contribution in [0, 0.1) is 0 Å². The highest BCUT2D eigenvalue weighted by atomic mass is 35.5. The number of carbonyl (C=O) groups is 1. The van der Waals surface area contributed by atoms with Crippen LogP contribution in [0.3, 0.4) is 0 Å². The van der Waals surface area contributed by atoms with Crippen LogP contribution in [-0.2, 0) is 14.9 Å². The number of ketones is 1. The van der Waals surface area contributed by atoms with Gasteiger partial charge in [0.25, 0.3) is 0 Å². The lowest BCUT2D eigenvalue weighted by atomic mass is 9.92. The zero-order chi connectivity index (χ0) is 17.3. The first-order valence-electron chi connectivity index (χ1n) is 6.64. The number of carbonyl (C=O) groups excluding carboxylic acids is 1. The molecule has 23 heavy (non-hydrogen) atoms. The first-order valence-corrected chi connectivity index (χ1v) is 8.80. The van der Waals surface area contributed by atoms with Crippen molar-refractivity contribution in [3.8, 4) is 0 Å². The molecular formula is C16H13Cl2O4S-. The lowest BCUT2D eigenvalue weighted by Gasteiger charge is -2.32. The van der Waals surface area contributed by atoms with E-state index in [1.807, 2.05) is 0 Å². The summed E-state index contributed by atoms with van der Waals surface area (Å²) in [5.41, 5.74) is 0.512. The SMILES string of the molecule is CC(CC(=O)c1ccc(Cl)cc1)(c1ccc(Cl)cc1)S(=O)(=O)[O-]. The van der Waals surface area contributed by atoms with E-state index < -0.39 is 27.1 Å². The van der Waals surface area contributed by atoms with Gasteiger partial charge in [-0.15, -0.1) is 0 Å². The van der Waals surface area contributed by atoms with Gasteiger partial charge in [-0.2, -0.15) is 0 Å². The molecule has 2 rings (SSSR count). The Kier molecular flexibility index (Phi) is 5.16. The second-order valence-corrected chi connectivity index (χ2v) is 7.98. The lowest BCUT2D eigenvalue weighted by molar-refractivity contribution is 0.0966. The maximum Gasteiger partial charge on any atom is 0.164 e. The molecule has 2 aromatic rings. The summed E-state index contributed by atoms with van der Waals surface area (Å²) in [5.74, 6) is -0.460. The lowest BCUT2D eigenvalue weighted by Crippen LogP contribution is -2.35. The molecule has 0 bridgehead atoms. The Hall–Kier alpha value is -1.40. The van der Waals surface area contributed by atoms with E-state index in [4.69, 9.17) is 23.2 Å². The second-order valence-electron chi connectivity index (χ2n) is 5.30. The monoisotopic (exact) mass is 371 g/mol. The second kappa shape index (κ2) is 6.61. The Balaban J connectivity index is 2.42. The van der Waals surface area contributed by atoms with Gasteiger partial charge in [0.1, 0.15) is 10.1 Å². The molecule has 2 aromatic carbocycles. The van der Waals surface area contributed by atoms with Crippen molar-refractivity contribution in [3.05, 3.63) is 69.7 Å². The standard InChI is InChI=1S/C16H14Cl2O4S/c1-16(23(20,21)22,12-4-8-14(18)9-5-12)10-15(19)11-2-6-13(17)7-3-11/h2-9H,10H2,1H3,(H,20,21,22)/p-1. The van der Waals surface area contributed by atoms with Gasteiger partial charge in [0.15, 0.2) is 5.78 Å². The molecular weight excluding hydrogens is 359 g/mol. The highest BCUT2D eigenvalue weighted by Gasteiger charge is 2.36. The van der Waals surface area contributed by atoms with Crippen LogP contribution >= 0.6 is 23.2 Å². The molecule has 0 N–H and O–H groups in total. The topological polar surface area (TPSA) is 74.3 Å². The molecule has 0 amide bonds. The fourth-order valence-electron chi connectivity index (χ4n) is 2.18. The molecule has 4 nitrogen and oxygen atoms in total. The van der Waals surface area contributed by atoms with Crippen LogP contribution in [0.4, 0.5) is 0 Å². The molecule has 0 radical (unpaired) electrons. The summed E-state index contributed by atoms with van der Waals surface area (Å²) in [6.45, 7) is 1.24.